The lowest BCUT2D eigenvalue weighted by Gasteiger charge is -2.09. The molecule has 3 aromatic rings. The van der Waals surface area contributed by atoms with Crippen molar-refractivity contribution in [3.05, 3.63) is 57.3 Å². The number of hydrogen-bond acceptors (Lipinski definition) is 3. The summed E-state index contributed by atoms with van der Waals surface area (Å²) in [6.07, 6.45) is -1.17. The minimum Gasteiger partial charge on any atom is -0.324 e. The number of aryl methyl sites for hydroxylation is 1. The Bertz CT molecular complexity index is 1130. The molecule has 2 aromatic heterocycles. The number of carbonyl (C=O) groups excluding carboxylic acids is 1. The van der Waals surface area contributed by atoms with Gasteiger partial charge in [-0.1, -0.05) is 0 Å². The van der Waals surface area contributed by atoms with Crippen LogP contribution in [0.2, 0.25) is 0 Å². The summed E-state index contributed by atoms with van der Waals surface area (Å²) in [6.45, 7) is 1.38. The number of nitrogens with one attached hydrogen (secondary N) is 2. The van der Waals surface area contributed by atoms with E-state index in [1.807, 2.05) is 0 Å². The Balaban J connectivity index is 1.70. The zero-order valence-electron chi connectivity index (χ0n) is 14.9. The molecular formula is C19H17F3N4O2. The molecule has 2 heterocycles. The van der Waals surface area contributed by atoms with Crippen molar-refractivity contribution in [1.82, 2.24) is 14.8 Å². The number of amides is 1. The van der Waals surface area contributed by atoms with Crippen LogP contribution in [0.15, 0.2) is 29.1 Å². The van der Waals surface area contributed by atoms with Gasteiger partial charge in [0, 0.05) is 28.6 Å². The van der Waals surface area contributed by atoms with Gasteiger partial charge in [-0.15, -0.1) is 0 Å². The molecule has 0 aliphatic heterocycles. The van der Waals surface area contributed by atoms with Crippen molar-refractivity contribution < 1.29 is 18.0 Å². The number of aromatic nitrogens is 3. The van der Waals surface area contributed by atoms with Crippen molar-refractivity contribution in [2.45, 2.75) is 38.7 Å². The number of aromatic amines is 1. The predicted octanol–water partition coefficient (Wildman–Crippen LogP) is 3.63. The number of anilines is 1. The first kappa shape index (κ1) is 18.3. The van der Waals surface area contributed by atoms with Crippen LogP contribution < -0.4 is 10.9 Å². The highest BCUT2D eigenvalue weighted by molar-refractivity contribution is 5.92. The Morgan fingerprint density at radius 1 is 1.36 bits per heavy atom. The third-order valence-electron chi connectivity index (χ3n) is 4.75. The monoisotopic (exact) mass is 390 g/mol. The largest absolute Gasteiger partial charge is 0.324 e. The van der Waals surface area contributed by atoms with Crippen molar-refractivity contribution in [2.75, 3.05) is 5.32 Å². The zero-order valence-corrected chi connectivity index (χ0v) is 14.9. The molecule has 4 rings (SSSR count). The first-order valence-corrected chi connectivity index (χ1v) is 8.81. The van der Waals surface area contributed by atoms with Gasteiger partial charge in [-0.2, -0.15) is 5.10 Å². The van der Waals surface area contributed by atoms with Crippen LogP contribution in [0.25, 0.3) is 11.0 Å². The van der Waals surface area contributed by atoms with E-state index in [0.717, 1.165) is 18.9 Å². The molecule has 0 radical (unpaired) electrons. The fourth-order valence-electron chi connectivity index (χ4n) is 3.28. The number of rotatable bonds is 5. The van der Waals surface area contributed by atoms with Gasteiger partial charge in [0.15, 0.2) is 0 Å². The maximum atomic E-state index is 13.5. The minimum atomic E-state index is -2.82. The molecule has 146 valence electrons. The van der Waals surface area contributed by atoms with E-state index in [9.17, 15) is 22.8 Å². The smallest absolute Gasteiger partial charge is 0.264 e. The molecule has 0 spiro atoms. The van der Waals surface area contributed by atoms with Crippen molar-refractivity contribution in [1.29, 1.82) is 0 Å². The molecule has 1 aliphatic carbocycles. The summed E-state index contributed by atoms with van der Waals surface area (Å²) in [5, 5.41) is 7.21. The Morgan fingerprint density at radius 3 is 2.75 bits per heavy atom. The summed E-state index contributed by atoms with van der Waals surface area (Å²) in [5.74, 6) is -0.834. The second-order valence-electron chi connectivity index (χ2n) is 6.94. The van der Waals surface area contributed by atoms with Gasteiger partial charge in [0.1, 0.15) is 18.0 Å². The van der Waals surface area contributed by atoms with E-state index in [2.05, 4.69) is 15.4 Å². The summed E-state index contributed by atoms with van der Waals surface area (Å²) in [4.78, 5) is 26.8. The van der Waals surface area contributed by atoms with E-state index in [0.29, 0.717) is 16.9 Å². The minimum absolute atomic E-state index is 0.0505. The number of alkyl halides is 2. The number of halogens is 3. The Labute approximate surface area is 157 Å². The molecule has 1 fully saturated rings. The molecule has 0 atom stereocenters. The zero-order chi connectivity index (χ0) is 20.0. The molecule has 0 saturated heterocycles. The van der Waals surface area contributed by atoms with Crippen LogP contribution in [0, 0.1) is 12.7 Å². The second kappa shape index (κ2) is 6.81. The molecule has 9 heteroatoms. The van der Waals surface area contributed by atoms with Crippen LogP contribution in [0.5, 0.6) is 0 Å². The van der Waals surface area contributed by atoms with E-state index >= 15 is 0 Å². The molecule has 1 aromatic carbocycles. The number of fused-ring (bicyclic) bond motifs is 1. The van der Waals surface area contributed by atoms with Crippen molar-refractivity contribution in [3.8, 4) is 0 Å². The molecular weight excluding hydrogens is 373 g/mol. The lowest BCUT2D eigenvalue weighted by molar-refractivity contribution is -0.116. The summed E-state index contributed by atoms with van der Waals surface area (Å²) in [7, 11) is 0. The highest BCUT2D eigenvalue weighted by Gasteiger charge is 2.32. The third kappa shape index (κ3) is 3.39. The van der Waals surface area contributed by atoms with E-state index in [1.165, 1.54) is 22.9 Å². The molecule has 2 N–H and O–H groups in total. The highest BCUT2D eigenvalue weighted by atomic mass is 19.3. The SMILES string of the molecule is Cc1cc(F)ccc1NC(=O)Cn1nc(C2CC2)c2c(C(F)F)cc(=O)[nH]c21. The average molecular weight is 390 g/mol. The summed E-state index contributed by atoms with van der Waals surface area (Å²) >= 11 is 0. The van der Waals surface area contributed by atoms with Crippen LogP contribution in [-0.2, 0) is 11.3 Å². The quantitative estimate of drug-likeness (QED) is 0.698. The normalized spacial score (nSPS) is 14.0. The van der Waals surface area contributed by atoms with Crippen LogP contribution in [-0.4, -0.2) is 20.7 Å². The molecule has 1 aliphatic rings. The lowest BCUT2D eigenvalue weighted by atomic mass is 10.1. The van der Waals surface area contributed by atoms with Crippen molar-refractivity contribution in [3.63, 3.8) is 0 Å². The van der Waals surface area contributed by atoms with Crippen LogP contribution in [0.4, 0.5) is 18.9 Å². The van der Waals surface area contributed by atoms with Gasteiger partial charge in [-0.05, 0) is 43.5 Å². The number of nitrogens with zero attached hydrogens (tertiary/aromatic N) is 2. The van der Waals surface area contributed by atoms with E-state index in [-0.39, 0.29) is 29.1 Å². The summed E-state index contributed by atoms with van der Waals surface area (Å²) < 4.78 is 41.4. The van der Waals surface area contributed by atoms with Gasteiger partial charge >= 0.3 is 0 Å². The van der Waals surface area contributed by atoms with Crippen LogP contribution >= 0.6 is 0 Å². The van der Waals surface area contributed by atoms with E-state index in [1.54, 1.807) is 6.92 Å². The van der Waals surface area contributed by atoms with Crippen LogP contribution in [0.3, 0.4) is 0 Å². The topological polar surface area (TPSA) is 79.8 Å². The highest BCUT2D eigenvalue weighted by Crippen LogP contribution is 2.44. The standard InChI is InChI=1S/C19H17F3N4O2/c1-9-6-11(20)4-5-13(9)23-15(28)8-26-19-16(17(25-26)10-2-3-10)12(18(21)22)7-14(27)24-19/h4-7,10,18H,2-3,8H2,1H3,(H,23,28)(H,24,27). The van der Waals surface area contributed by atoms with Gasteiger partial charge < -0.3 is 10.3 Å². The van der Waals surface area contributed by atoms with E-state index in [4.69, 9.17) is 0 Å². The summed E-state index contributed by atoms with van der Waals surface area (Å²) in [5.41, 5.74) is 0.517. The molecule has 0 unspecified atom stereocenters. The molecule has 6 nitrogen and oxygen atoms in total. The van der Waals surface area contributed by atoms with Gasteiger partial charge in [-0.25, -0.2) is 17.9 Å². The number of benzene rings is 1. The van der Waals surface area contributed by atoms with E-state index < -0.39 is 23.7 Å². The maximum absolute atomic E-state index is 13.5. The van der Waals surface area contributed by atoms with Crippen LogP contribution in [0.1, 0.15) is 42.0 Å². The summed E-state index contributed by atoms with van der Waals surface area (Å²) in [6, 6.07) is 4.84. The lowest BCUT2D eigenvalue weighted by Crippen LogP contribution is -2.21. The van der Waals surface area contributed by atoms with Gasteiger partial charge in [0.25, 0.3) is 6.43 Å². The fourth-order valence-corrected chi connectivity index (χ4v) is 3.28. The van der Waals surface area contributed by atoms with Crippen molar-refractivity contribution >= 4 is 22.6 Å². The maximum Gasteiger partial charge on any atom is 0.264 e. The third-order valence-corrected chi connectivity index (χ3v) is 4.75. The number of H-pyrrole nitrogens is 1. The fraction of sp³-hybridized carbons (Fsp3) is 0.316. The van der Waals surface area contributed by atoms with Gasteiger partial charge in [0.05, 0.1) is 5.69 Å². The predicted molar refractivity (Wildman–Crippen MR) is 97.1 cm³/mol. The first-order chi connectivity index (χ1) is 13.3. The number of hydrogen-bond donors (Lipinski definition) is 2. The second-order valence-corrected chi connectivity index (χ2v) is 6.94. The molecule has 0 bridgehead atoms. The number of carbonyl (C=O) groups is 1. The number of pyridine rings is 1. The Morgan fingerprint density at radius 2 is 2.11 bits per heavy atom. The molecule has 28 heavy (non-hydrogen) atoms. The molecule has 1 saturated carbocycles. The van der Waals surface area contributed by atoms with Crippen molar-refractivity contribution in [2.24, 2.45) is 0 Å². The van der Waals surface area contributed by atoms with Gasteiger partial charge in [0.2, 0.25) is 11.5 Å². The Kier molecular flexibility index (Phi) is 4.44. The molecule has 1 amide bonds. The first-order valence-electron chi connectivity index (χ1n) is 8.81. The average Bonchev–Trinajstić information content (AvgIpc) is 3.40. The Hall–Kier alpha value is -3.10. The van der Waals surface area contributed by atoms with Gasteiger partial charge in [-0.3, -0.25) is 9.59 Å².